The van der Waals surface area contributed by atoms with Crippen LogP contribution in [0.2, 0.25) is 0 Å². The molecule has 1 N–H and O–H groups in total. The van der Waals surface area contributed by atoms with Gasteiger partial charge in [0.15, 0.2) is 18.5 Å². The van der Waals surface area contributed by atoms with Crippen LogP contribution in [0.5, 0.6) is 0 Å². The number of methoxy groups -OCH3 is 2. The number of imide groups is 1. The fourth-order valence-corrected chi connectivity index (χ4v) is 7.42. The highest BCUT2D eigenvalue weighted by Crippen LogP contribution is 2.42. The minimum atomic E-state index is -2.82. The van der Waals surface area contributed by atoms with E-state index >= 15 is 0 Å². The Labute approximate surface area is 364 Å². The van der Waals surface area contributed by atoms with Crippen molar-refractivity contribution in [3.63, 3.8) is 0 Å². The highest BCUT2D eigenvalue weighted by atomic mass is 16.8. The number of carbonyl (C=O) groups is 7. The Bertz CT molecular complexity index is 1870. The zero-order valence-corrected chi connectivity index (χ0v) is 36.3. The fourth-order valence-electron chi connectivity index (χ4n) is 7.42. The van der Waals surface area contributed by atoms with Gasteiger partial charge in [-0.1, -0.05) is 60.7 Å². The minimum absolute atomic E-state index is 0.0930. The molecule has 2 saturated heterocycles. The molecule has 2 heterocycles. The van der Waals surface area contributed by atoms with E-state index in [4.69, 9.17) is 52.1 Å². The predicted octanol–water partition coefficient (Wildman–Crippen LogP) is 1.69. The number of benzene rings is 2. The van der Waals surface area contributed by atoms with Crippen LogP contribution in [0.15, 0.2) is 60.7 Å². The molecule has 20 nitrogen and oxygen atoms in total. The largest absolute Gasteiger partial charge is 0.465 e. The van der Waals surface area contributed by atoms with Gasteiger partial charge in [-0.05, 0) is 11.1 Å². The molecule has 346 valence electrons. The summed E-state index contributed by atoms with van der Waals surface area (Å²) in [5.41, 5.74) is 1.50. The quantitative estimate of drug-likeness (QED) is 0.156. The van der Waals surface area contributed by atoms with E-state index in [9.17, 15) is 38.7 Å². The summed E-state index contributed by atoms with van der Waals surface area (Å²) in [6, 6.07) is 16.3. The van der Waals surface area contributed by atoms with Crippen molar-refractivity contribution in [2.45, 2.75) is 128 Å². The summed E-state index contributed by atoms with van der Waals surface area (Å²) in [4.78, 5) is 92.1. The van der Waals surface area contributed by atoms with Gasteiger partial charge >= 0.3 is 29.8 Å². The first-order valence-corrected chi connectivity index (χ1v) is 19.9. The van der Waals surface area contributed by atoms with Gasteiger partial charge < -0.3 is 57.2 Å². The fraction of sp³-hybridized carbons (Fsp3) is 0.558. The highest BCUT2D eigenvalue weighted by molar-refractivity contribution is 5.93. The van der Waals surface area contributed by atoms with E-state index in [-0.39, 0.29) is 19.8 Å². The van der Waals surface area contributed by atoms with Crippen LogP contribution < -0.4 is 0 Å². The third-order valence-corrected chi connectivity index (χ3v) is 9.92. The molecule has 2 aliphatic heterocycles. The van der Waals surface area contributed by atoms with Crippen LogP contribution in [0.3, 0.4) is 0 Å². The van der Waals surface area contributed by atoms with Crippen molar-refractivity contribution in [2.75, 3.05) is 27.4 Å². The number of aliphatic hydroxyl groups is 1. The number of hydrogen-bond donors (Lipinski definition) is 1. The van der Waals surface area contributed by atoms with E-state index in [0.717, 1.165) is 54.2 Å². The second-order valence-corrected chi connectivity index (χ2v) is 14.7. The van der Waals surface area contributed by atoms with Crippen LogP contribution in [0, 0.1) is 0 Å². The van der Waals surface area contributed by atoms with Gasteiger partial charge in [-0.15, -0.1) is 0 Å². The lowest BCUT2D eigenvalue weighted by Crippen LogP contribution is -2.72. The number of amides is 2. The average molecular weight is 890 g/mol. The normalized spacial score (nSPS) is 26.6. The van der Waals surface area contributed by atoms with Crippen molar-refractivity contribution in [3.05, 3.63) is 71.8 Å². The average Bonchev–Trinajstić information content (AvgIpc) is 3.22. The summed E-state index contributed by atoms with van der Waals surface area (Å²) in [5.74, 6) is -9.76. The predicted molar refractivity (Wildman–Crippen MR) is 212 cm³/mol. The summed E-state index contributed by atoms with van der Waals surface area (Å²) < 4.78 is 64.6. The van der Waals surface area contributed by atoms with Crippen molar-refractivity contribution >= 4 is 41.7 Å². The SMILES string of the molecule is COC(=O)[C@@]1(O[C@H]2[C@@H](O)[C@@H](COCc3ccccc3)O[C@H](OC)[C@@H]2OCc2ccccc2)C[C@H](OC(C)=O)[C@@H](N(C(C)=O)C(C)=O)[C@H]([C@H](OC(C)=O)[C@@H](COC(C)=O)OC(C)=O)O1. The summed E-state index contributed by atoms with van der Waals surface area (Å²) >= 11 is 0. The van der Waals surface area contributed by atoms with Crippen LogP contribution in [0.4, 0.5) is 0 Å². The minimum Gasteiger partial charge on any atom is -0.465 e. The van der Waals surface area contributed by atoms with Gasteiger partial charge in [0.1, 0.15) is 49.3 Å². The Hall–Kier alpha value is -5.35. The number of carbonyl (C=O) groups excluding carboxylic acids is 7. The first-order valence-electron chi connectivity index (χ1n) is 19.9. The molecule has 0 aliphatic carbocycles. The number of aliphatic hydroxyl groups excluding tert-OH is 1. The molecule has 2 aliphatic rings. The maximum absolute atomic E-state index is 14.4. The molecule has 0 radical (unpaired) electrons. The summed E-state index contributed by atoms with van der Waals surface area (Å²) in [7, 11) is 2.29. The molecule has 2 amide bonds. The first kappa shape index (κ1) is 50.3. The van der Waals surface area contributed by atoms with Gasteiger partial charge in [0, 0.05) is 48.7 Å². The lowest BCUT2D eigenvalue weighted by molar-refractivity contribution is -0.376. The van der Waals surface area contributed by atoms with E-state index in [1.807, 2.05) is 30.3 Å². The van der Waals surface area contributed by atoms with Crippen LogP contribution in [0.1, 0.15) is 59.1 Å². The van der Waals surface area contributed by atoms with Gasteiger partial charge in [-0.25, -0.2) is 4.79 Å². The third kappa shape index (κ3) is 13.6. The standard InChI is InChI=1S/C43H55NO19/c1-24(45)44(25(2)46)35-32(58-27(4)48)19-43(42(52)54-8,62-38(35)37(60-29(6)50)34(59-28(5)49)23-56-26(3)47)63-39-36(51)33(22-55-20-30-15-11-9-12-16-30)61-41(53-7)40(39)57-21-31-17-13-10-14-18-31/h9-18,32-41,51H,19-23H2,1-8H3/t32-,33+,34+,35+,36-,37+,38+,39-,40+,41-,43-/m0/s1. The summed E-state index contributed by atoms with van der Waals surface area (Å²) in [6.07, 6.45) is -15.6. The molecule has 63 heavy (non-hydrogen) atoms. The topological polar surface area (TPSA) is 244 Å². The zero-order chi connectivity index (χ0) is 46.4. The maximum atomic E-state index is 14.4. The molecular weight excluding hydrogens is 834 g/mol. The molecule has 11 atom stereocenters. The Morgan fingerprint density at radius 3 is 1.87 bits per heavy atom. The van der Waals surface area contributed by atoms with Crippen LogP contribution in [0.25, 0.3) is 0 Å². The van der Waals surface area contributed by atoms with Gasteiger partial charge in [-0.3, -0.25) is 33.7 Å². The number of ether oxygens (including phenoxy) is 11. The van der Waals surface area contributed by atoms with Crippen molar-refractivity contribution in [2.24, 2.45) is 0 Å². The Morgan fingerprint density at radius 2 is 1.37 bits per heavy atom. The summed E-state index contributed by atoms with van der Waals surface area (Å²) in [6.45, 7) is 5.07. The Kier molecular flexibility index (Phi) is 18.7. The van der Waals surface area contributed by atoms with Gasteiger partial charge in [0.2, 0.25) is 11.8 Å². The number of rotatable bonds is 19. The third-order valence-electron chi connectivity index (χ3n) is 9.92. The molecule has 2 fully saturated rings. The lowest BCUT2D eigenvalue weighted by Gasteiger charge is -2.52. The molecule has 2 aromatic rings. The van der Waals surface area contributed by atoms with Crippen molar-refractivity contribution in [1.82, 2.24) is 4.90 Å². The molecular formula is C43H55NO19. The van der Waals surface area contributed by atoms with E-state index in [2.05, 4.69) is 0 Å². The van der Waals surface area contributed by atoms with E-state index in [1.54, 1.807) is 30.3 Å². The van der Waals surface area contributed by atoms with E-state index < -0.39 is 122 Å². The van der Waals surface area contributed by atoms with Crippen LogP contribution in [-0.4, -0.2) is 146 Å². The van der Waals surface area contributed by atoms with Gasteiger partial charge in [0.05, 0.1) is 33.4 Å². The maximum Gasteiger partial charge on any atom is 0.366 e. The number of esters is 5. The molecule has 4 rings (SSSR count). The van der Waals surface area contributed by atoms with Crippen LogP contribution in [-0.2, 0) is 98.9 Å². The molecule has 0 unspecified atom stereocenters. The van der Waals surface area contributed by atoms with Crippen molar-refractivity contribution < 1.29 is 90.8 Å². The number of nitrogens with zero attached hydrogens (tertiary/aromatic N) is 1. The van der Waals surface area contributed by atoms with Crippen LogP contribution >= 0.6 is 0 Å². The number of hydrogen-bond acceptors (Lipinski definition) is 19. The zero-order valence-electron chi connectivity index (χ0n) is 36.3. The molecule has 0 spiro atoms. The highest BCUT2D eigenvalue weighted by Gasteiger charge is 2.63. The molecule has 0 saturated carbocycles. The Morgan fingerprint density at radius 1 is 0.778 bits per heavy atom. The first-order chi connectivity index (χ1) is 29.9. The van der Waals surface area contributed by atoms with Crippen molar-refractivity contribution in [3.8, 4) is 0 Å². The van der Waals surface area contributed by atoms with E-state index in [0.29, 0.717) is 10.5 Å². The van der Waals surface area contributed by atoms with Gasteiger partial charge in [-0.2, -0.15) is 0 Å². The smallest absolute Gasteiger partial charge is 0.366 e. The molecule has 2 aromatic carbocycles. The monoisotopic (exact) mass is 889 g/mol. The second kappa shape index (κ2) is 23.4. The molecule has 0 aromatic heterocycles. The van der Waals surface area contributed by atoms with Crippen molar-refractivity contribution in [1.29, 1.82) is 0 Å². The van der Waals surface area contributed by atoms with E-state index in [1.165, 1.54) is 7.11 Å². The Balaban J connectivity index is 1.93. The molecule has 0 bridgehead atoms. The summed E-state index contributed by atoms with van der Waals surface area (Å²) in [5, 5.41) is 12.2. The molecule has 20 heteroatoms. The second-order valence-electron chi connectivity index (χ2n) is 14.7. The van der Waals surface area contributed by atoms with Gasteiger partial charge in [0.25, 0.3) is 5.79 Å². The lowest BCUT2D eigenvalue weighted by atomic mass is 9.86.